The van der Waals surface area contributed by atoms with E-state index >= 15 is 0 Å². The second-order valence-electron chi connectivity index (χ2n) is 7.42. The number of ether oxygens (including phenoxy) is 2. The van der Waals surface area contributed by atoms with E-state index < -0.39 is 24.3 Å². The lowest BCUT2D eigenvalue weighted by molar-refractivity contribution is -0.133. The van der Waals surface area contributed by atoms with Gasteiger partial charge < -0.3 is 29.9 Å². The molecule has 176 valence electrons. The van der Waals surface area contributed by atoms with E-state index in [1.807, 2.05) is 41.5 Å². The first-order chi connectivity index (χ1) is 13.9. The second-order valence-corrected chi connectivity index (χ2v) is 7.42. The Balaban J connectivity index is 0. The zero-order chi connectivity index (χ0) is 24.0. The molecule has 0 spiro atoms. The van der Waals surface area contributed by atoms with Crippen molar-refractivity contribution in [2.45, 2.75) is 53.6 Å². The van der Waals surface area contributed by atoms with Gasteiger partial charge in [-0.2, -0.15) is 0 Å². The van der Waals surface area contributed by atoms with Gasteiger partial charge in [-0.1, -0.05) is 27.7 Å². The molecule has 0 rings (SSSR count). The summed E-state index contributed by atoms with van der Waals surface area (Å²) in [6.07, 6.45) is -1.15. The Labute approximate surface area is 180 Å². The van der Waals surface area contributed by atoms with Crippen LogP contribution in [-0.4, -0.2) is 87.3 Å². The highest BCUT2D eigenvalue weighted by atomic mass is 16.5. The van der Waals surface area contributed by atoms with E-state index in [4.69, 9.17) is 0 Å². The molecule has 0 fully saturated rings. The van der Waals surface area contributed by atoms with Crippen molar-refractivity contribution in [3.05, 3.63) is 0 Å². The number of amides is 4. The number of hydrogen-bond donors (Lipinski definition) is 2. The highest BCUT2D eigenvalue weighted by Gasteiger charge is 2.27. The summed E-state index contributed by atoms with van der Waals surface area (Å²) in [6, 6.07) is -1.05. The number of nitrogens with zero attached hydrogens (tertiary/aromatic N) is 2. The summed E-state index contributed by atoms with van der Waals surface area (Å²) in [5.41, 5.74) is 0. The Hall–Kier alpha value is -2.52. The zero-order valence-electron chi connectivity index (χ0n) is 20.1. The highest BCUT2D eigenvalue weighted by molar-refractivity contribution is 5.86. The van der Waals surface area contributed by atoms with E-state index in [1.165, 1.54) is 14.2 Å². The number of alkyl carbamates (subject to hydrolysis) is 2. The fourth-order valence-corrected chi connectivity index (χ4v) is 2.19. The number of hydrogen-bond acceptors (Lipinski definition) is 6. The van der Waals surface area contributed by atoms with E-state index in [9.17, 15) is 19.2 Å². The summed E-state index contributed by atoms with van der Waals surface area (Å²) in [5.74, 6) is -0.132. The molecule has 10 nitrogen and oxygen atoms in total. The molecule has 0 bridgehead atoms. The first-order valence-electron chi connectivity index (χ1n) is 10.1. The van der Waals surface area contributed by atoms with Crippen LogP contribution in [-0.2, 0) is 19.1 Å². The predicted octanol–water partition coefficient (Wildman–Crippen LogP) is 1.69. The van der Waals surface area contributed by atoms with Gasteiger partial charge in [-0.15, -0.1) is 0 Å². The number of methoxy groups -OCH3 is 2. The maximum Gasteiger partial charge on any atom is 0.407 e. The zero-order valence-corrected chi connectivity index (χ0v) is 20.1. The molecule has 0 aromatic heterocycles. The van der Waals surface area contributed by atoms with Crippen LogP contribution in [0, 0.1) is 11.8 Å². The molecule has 2 atom stereocenters. The average Bonchev–Trinajstić information content (AvgIpc) is 2.72. The summed E-state index contributed by atoms with van der Waals surface area (Å²) in [4.78, 5) is 48.9. The standard InChI is InChI=1S/2C10H20N2O3/c2*1-6-12(4)9(13)8(7(2)3)11-10(14)15-5/h2*7-8H,6H2,1-5H3,(H,11,14)/t2*8-/m11/s1. The van der Waals surface area contributed by atoms with E-state index in [1.54, 1.807) is 23.9 Å². The summed E-state index contributed by atoms with van der Waals surface area (Å²) in [7, 11) is 5.97. The van der Waals surface area contributed by atoms with E-state index in [2.05, 4.69) is 20.1 Å². The van der Waals surface area contributed by atoms with E-state index in [0.717, 1.165) is 0 Å². The van der Waals surface area contributed by atoms with Gasteiger partial charge in [0.2, 0.25) is 11.8 Å². The number of carbonyl (C=O) groups excluding carboxylic acids is 4. The van der Waals surface area contributed by atoms with Crippen LogP contribution in [0.2, 0.25) is 0 Å². The second kappa shape index (κ2) is 15.3. The van der Waals surface area contributed by atoms with Crippen LogP contribution < -0.4 is 10.6 Å². The molecule has 0 aromatic rings. The highest BCUT2D eigenvalue weighted by Crippen LogP contribution is 2.06. The summed E-state index contributed by atoms with van der Waals surface area (Å²) in [6.45, 7) is 12.5. The molecule has 0 aliphatic carbocycles. The van der Waals surface area contributed by atoms with Gasteiger partial charge in [0.1, 0.15) is 12.1 Å². The van der Waals surface area contributed by atoms with Crippen molar-refractivity contribution in [2.75, 3.05) is 41.4 Å². The molecule has 0 heterocycles. The van der Waals surface area contributed by atoms with Crippen molar-refractivity contribution in [3.8, 4) is 0 Å². The summed E-state index contributed by atoms with van der Waals surface area (Å²) >= 11 is 0. The number of nitrogens with one attached hydrogen (secondary N) is 2. The van der Waals surface area contributed by atoms with Crippen LogP contribution in [0.4, 0.5) is 9.59 Å². The van der Waals surface area contributed by atoms with Gasteiger partial charge in [-0.05, 0) is 25.7 Å². The Morgan fingerprint density at radius 1 is 0.700 bits per heavy atom. The summed E-state index contributed by atoms with van der Waals surface area (Å²) < 4.78 is 8.95. The van der Waals surface area contributed by atoms with Crippen LogP contribution in [0.5, 0.6) is 0 Å². The lowest BCUT2D eigenvalue weighted by Gasteiger charge is -2.25. The van der Waals surface area contributed by atoms with Crippen molar-refractivity contribution in [1.29, 1.82) is 0 Å². The third kappa shape index (κ3) is 10.9. The van der Waals surface area contributed by atoms with Gasteiger partial charge in [0.15, 0.2) is 0 Å². The van der Waals surface area contributed by atoms with E-state index in [-0.39, 0.29) is 23.7 Å². The van der Waals surface area contributed by atoms with Crippen LogP contribution in [0.15, 0.2) is 0 Å². The van der Waals surface area contributed by atoms with Crippen molar-refractivity contribution in [2.24, 2.45) is 11.8 Å². The van der Waals surface area contributed by atoms with Crippen molar-refractivity contribution >= 4 is 24.0 Å². The average molecular weight is 433 g/mol. The van der Waals surface area contributed by atoms with Crippen LogP contribution in [0.25, 0.3) is 0 Å². The molecule has 0 radical (unpaired) electrons. The Kier molecular flexibility index (Phi) is 15.2. The lowest BCUT2D eigenvalue weighted by Crippen LogP contribution is -2.50. The maximum absolute atomic E-state index is 11.8. The topological polar surface area (TPSA) is 117 Å². The molecular formula is C20H40N4O6. The monoisotopic (exact) mass is 432 g/mol. The molecule has 10 heteroatoms. The van der Waals surface area contributed by atoms with E-state index in [0.29, 0.717) is 13.1 Å². The normalized spacial score (nSPS) is 12.1. The molecule has 4 amide bonds. The maximum atomic E-state index is 11.8. The van der Waals surface area contributed by atoms with Gasteiger partial charge in [0.25, 0.3) is 0 Å². The number of likely N-dealkylation sites (N-methyl/N-ethyl adjacent to an activating group) is 2. The van der Waals surface area contributed by atoms with Gasteiger partial charge in [0.05, 0.1) is 14.2 Å². The third-order valence-electron chi connectivity index (χ3n) is 4.48. The Morgan fingerprint density at radius 3 is 1.13 bits per heavy atom. The SMILES string of the molecule is CCN(C)C(=O)[C@H](NC(=O)OC)C(C)C.CCN(C)C(=O)[C@H](NC(=O)OC)C(C)C. The fraction of sp³-hybridized carbons (Fsp3) is 0.800. The number of rotatable bonds is 8. The Morgan fingerprint density at radius 2 is 0.967 bits per heavy atom. The van der Waals surface area contributed by atoms with Gasteiger partial charge in [-0.3, -0.25) is 9.59 Å². The van der Waals surface area contributed by atoms with Crippen LogP contribution in [0.3, 0.4) is 0 Å². The molecule has 2 N–H and O–H groups in total. The lowest BCUT2D eigenvalue weighted by atomic mass is 10.0. The number of carbonyl (C=O) groups is 4. The van der Waals surface area contributed by atoms with Crippen molar-refractivity contribution < 1.29 is 28.7 Å². The van der Waals surface area contributed by atoms with Crippen molar-refractivity contribution in [3.63, 3.8) is 0 Å². The minimum atomic E-state index is -0.577. The quantitative estimate of drug-likeness (QED) is 0.603. The third-order valence-corrected chi connectivity index (χ3v) is 4.48. The molecule has 0 aliphatic heterocycles. The molecule has 0 unspecified atom stereocenters. The first-order valence-corrected chi connectivity index (χ1v) is 10.1. The van der Waals surface area contributed by atoms with Gasteiger partial charge in [-0.25, -0.2) is 9.59 Å². The molecule has 0 aliphatic rings. The Bertz CT molecular complexity index is 505. The van der Waals surface area contributed by atoms with Crippen LogP contribution >= 0.6 is 0 Å². The molecule has 0 saturated carbocycles. The minimum absolute atomic E-state index is 0.0330. The minimum Gasteiger partial charge on any atom is -0.453 e. The molecule has 0 aromatic carbocycles. The van der Waals surface area contributed by atoms with Gasteiger partial charge in [0, 0.05) is 27.2 Å². The smallest absolute Gasteiger partial charge is 0.407 e. The first kappa shape index (κ1) is 29.7. The van der Waals surface area contributed by atoms with Crippen LogP contribution in [0.1, 0.15) is 41.5 Å². The molecule has 30 heavy (non-hydrogen) atoms. The van der Waals surface area contributed by atoms with Crippen molar-refractivity contribution in [1.82, 2.24) is 20.4 Å². The molecule has 0 saturated heterocycles. The molecular weight excluding hydrogens is 392 g/mol. The van der Waals surface area contributed by atoms with Gasteiger partial charge >= 0.3 is 12.2 Å². The fourth-order valence-electron chi connectivity index (χ4n) is 2.19. The predicted molar refractivity (Wildman–Crippen MR) is 115 cm³/mol. The summed E-state index contributed by atoms with van der Waals surface area (Å²) in [5, 5.41) is 5.06. The largest absolute Gasteiger partial charge is 0.453 e.